The minimum atomic E-state index is -4.40. The van der Waals surface area contributed by atoms with Gasteiger partial charge in [-0.1, -0.05) is 62.4 Å². The molecule has 2 aromatic rings. The summed E-state index contributed by atoms with van der Waals surface area (Å²) in [5.41, 5.74) is 5.72. The molecule has 1 unspecified atom stereocenters. The number of benzene rings is 2. The van der Waals surface area contributed by atoms with E-state index in [0.29, 0.717) is 11.1 Å². The molecule has 0 fully saturated rings. The first-order valence-corrected chi connectivity index (χ1v) is 7.87. The number of amides is 1. The standard InChI is InChI=1S/C19H21F3N2O.ClH/c1-18(2,14-9-6-10-15(11-14)19(20,21)22)12-24-17(25)16(23)13-7-4-3-5-8-13;/h3-11,16H,12,23H2,1-2H3,(H,24,25);1H. The second kappa shape index (κ2) is 8.56. The summed E-state index contributed by atoms with van der Waals surface area (Å²) < 4.78 is 38.6. The van der Waals surface area contributed by atoms with E-state index in [4.69, 9.17) is 5.73 Å². The minimum Gasteiger partial charge on any atom is -0.354 e. The first-order chi connectivity index (χ1) is 11.6. The Balaban J connectivity index is 0.00000338. The quantitative estimate of drug-likeness (QED) is 0.808. The van der Waals surface area contributed by atoms with E-state index in [1.807, 2.05) is 6.07 Å². The highest BCUT2D eigenvalue weighted by molar-refractivity contribution is 5.85. The zero-order chi connectivity index (χ0) is 18.7. The lowest BCUT2D eigenvalue weighted by molar-refractivity contribution is -0.137. The highest BCUT2D eigenvalue weighted by atomic mass is 35.5. The molecule has 0 aliphatic heterocycles. The molecule has 2 rings (SSSR count). The zero-order valence-corrected chi connectivity index (χ0v) is 15.3. The van der Waals surface area contributed by atoms with Crippen molar-refractivity contribution in [2.24, 2.45) is 5.73 Å². The van der Waals surface area contributed by atoms with Crippen molar-refractivity contribution in [3.63, 3.8) is 0 Å². The number of hydrogen-bond donors (Lipinski definition) is 2. The second-order valence-electron chi connectivity index (χ2n) is 6.57. The topological polar surface area (TPSA) is 55.1 Å². The van der Waals surface area contributed by atoms with E-state index in [-0.39, 0.29) is 24.9 Å². The second-order valence-corrected chi connectivity index (χ2v) is 6.57. The van der Waals surface area contributed by atoms with Gasteiger partial charge in [-0.3, -0.25) is 4.79 Å². The molecule has 0 saturated carbocycles. The van der Waals surface area contributed by atoms with E-state index in [2.05, 4.69) is 5.32 Å². The van der Waals surface area contributed by atoms with Crippen LogP contribution in [-0.2, 0) is 16.4 Å². The third-order valence-corrected chi connectivity index (χ3v) is 4.12. The maximum absolute atomic E-state index is 12.9. The summed E-state index contributed by atoms with van der Waals surface area (Å²) in [6.45, 7) is 3.72. The molecule has 3 nitrogen and oxygen atoms in total. The fraction of sp³-hybridized carbons (Fsp3) is 0.316. The fourth-order valence-electron chi connectivity index (χ4n) is 2.45. The number of hydrogen-bond acceptors (Lipinski definition) is 2. The van der Waals surface area contributed by atoms with Crippen LogP contribution in [0, 0.1) is 0 Å². The molecule has 0 aliphatic carbocycles. The number of alkyl halides is 3. The molecule has 1 atom stereocenters. The molecule has 142 valence electrons. The van der Waals surface area contributed by atoms with Crippen molar-refractivity contribution >= 4 is 18.3 Å². The Kier molecular flexibility index (Phi) is 7.24. The van der Waals surface area contributed by atoms with E-state index < -0.39 is 23.2 Å². The first-order valence-electron chi connectivity index (χ1n) is 7.87. The molecular formula is C19H22ClF3N2O. The summed E-state index contributed by atoms with van der Waals surface area (Å²) in [7, 11) is 0. The van der Waals surface area contributed by atoms with Crippen LogP contribution in [0.5, 0.6) is 0 Å². The van der Waals surface area contributed by atoms with Gasteiger partial charge in [-0.2, -0.15) is 13.2 Å². The number of rotatable bonds is 5. The fourth-order valence-corrected chi connectivity index (χ4v) is 2.45. The van der Waals surface area contributed by atoms with Gasteiger partial charge in [-0.15, -0.1) is 12.4 Å². The summed E-state index contributed by atoms with van der Waals surface area (Å²) in [5, 5.41) is 2.73. The van der Waals surface area contributed by atoms with Crippen LogP contribution in [0.1, 0.15) is 36.6 Å². The van der Waals surface area contributed by atoms with Gasteiger partial charge in [0, 0.05) is 12.0 Å². The van der Waals surface area contributed by atoms with Crippen molar-refractivity contribution in [3.8, 4) is 0 Å². The monoisotopic (exact) mass is 386 g/mol. The smallest absolute Gasteiger partial charge is 0.354 e. The average Bonchev–Trinajstić information content (AvgIpc) is 2.59. The van der Waals surface area contributed by atoms with Gasteiger partial charge in [0.15, 0.2) is 0 Å². The van der Waals surface area contributed by atoms with Crippen molar-refractivity contribution in [2.75, 3.05) is 6.54 Å². The minimum absolute atomic E-state index is 0. The first kappa shape index (κ1) is 22.0. The van der Waals surface area contributed by atoms with E-state index in [1.165, 1.54) is 6.07 Å². The SMILES string of the molecule is CC(C)(CNC(=O)C(N)c1ccccc1)c1cccc(C(F)(F)F)c1.Cl. The van der Waals surface area contributed by atoms with Crippen molar-refractivity contribution < 1.29 is 18.0 Å². The van der Waals surface area contributed by atoms with E-state index >= 15 is 0 Å². The number of nitrogens with two attached hydrogens (primary N) is 1. The maximum Gasteiger partial charge on any atom is 0.416 e. The summed E-state index contributed by atoms with van der Waals surface area (Å²) >= 11 is 0. The Morgan fingerprint density at radius 1 is 1.04 bits per heavy atom. The van der Waals surface area contributed by atoms with Gasteiger partial charge in [0.1, 0.15) is 6.04 Å². The molecule has 3 N–H and O–H groups in total. The van der Waals surface area contributed by atoms with Crippen LogP contribution >= 0.6 is 12.4 Å². The summed E-state index contributed by atoms with van der Waals surface area (Å²) in [6.07, 6.45) is -4.40. The number of halogens is 4. The van der Waals surface area contributed by atoms with E-state index in [9.17, 15) is 18.0 Å². The lowest BCUT2D eigenvalue weighted by atomic mass is 9.83. The lowest BCUT2D eigenvalue weighted by Gasteiger charge is -2.27. The molecule has 0 radical (unpaired) electrons. The number of carbonyl (C=O) groups is 1. The van der Waals surface area contributed by atoms with Crippen molar-refractivity contribution in [2.45, 2.75) is 31.5 Å². The molecular weight excluding hydrogens is 365 g/mol. The largest absolute Gasteiger partial charge is 0.416 e. The van der Waals surface area contributed by atoms with E-state index in [0.717, 1.165) is 12.1 Å². The van der Waals surface area contributed by atoms with Crippen LogP contribution in [0.15, 0.2) is 54.6 Å². The van der Waals surface area contributed by atoms with Crippen LogP contribution < -0.4 is 11.1 Å². The third-order valence-electron chi connectivity index (χ3n) is 4.12. The summed E-state index contributed by atoms with van der Waals surface area (Å²) in [5.74, 6) is -0.369. The Bertz CT molecular complexity index is 733. The summed E-state index contributed by atoms with van der Waals surface area (Å²) in [4.78, 5) is 12.2. The zero-order valence-electron chi connectivity index (χ0n) is 14.5. The molecule has 0 saturated heterocycles. The maximum atomic E-state index is 12.9. The molecule has 1 amide bonds. The van der Waals surface area contributed by atoms with Gasteiger partial charge < -0.3 is 11.1 Å². The van der Waals surface area contributed by atoms with Gasteiger partial charge in [-0.05, 0) is 17.2 Å². The molecule has 0 spiro atoms. The average molecular weight is 387 g/mol. The molecule has 0 aromatic heterocycles. The predicted octanol–water partition coefficient (Wildman–Crippen LogP) is 4.22. The van der Waals surface area contributed by atoms with Crippen molar-refractivity contribution in [1.29, 1.82) is 0 Å². The highest BCUT2D eigenvalue weighted by Gasteiger charge is 2.32. The van der Waals surface area contributed by atoms with Crippen LogP contribution in [0.25, 0.3) is 0 Å². The molecule has 2 aromatic carbocycles. The Morgan fingerprint density at radius 2 is 1.62 bits per heavy atom. The van der Waals surface area contributed by atoms with Crippen LogP contribution in [0.2, 0.25) is 0 Å². The van der Waals surface area contributed by atoms with Gasteiger partial charge in [0.25, 0.3) is 0 Å². The van der Waals surface area contributed by atoms with Crippen molar-refractivity contribution in [3.05, 3.63) is 71.3 Å². The molecule has 0 heterocycles. The Hall–Kier alpha value is -2.05. The van der Waals surface area contributed by atoms with Crippen LogP contribution in [0.4, 0.5) is 13.2 Å². The highest BCUT2D eigenvalue weighted by Crippen LogP contribution is 2.32. The lowest BCUT2D eigenvalue weighted by Crippen LogP contribution is -2.41. The van der Waals surface area contributed by atoms with Crippen LogP contribution in [-0.4, -0.2) is 12.5 Å². The normalized spacial score (nSPS) is 12.8. The third kappa shape index (κ3) is 5.47. The number of carbonyl (C=O) groups excluding carboxylic acids is 1. The molecule has 0 bridgehead atoms. The van der Waals surface area contributed by atoms with Gasteiger partial charge in [0.2, 0.25) is 5.91 Å². The predicted molar refractivity (Wildman–Crippen MR) is 98.1 cm³/mol. The molecule has 7 heteroatoms. The molecule has 26 heavy (non-hydrogen) atoms. The number of nitrogens with one attached hydrogen (secondary N) is 1. The van der Waals surface area contributed by atoms with Gasteiger partial charge in [0.05, 0.1) is 5.56 Å². The Labute approximate surface area is 157 Å². The summed E-state index contributed by atoms with van der Waals surface area (Å²) in [6, 6.07) is 13.2. The van der Waals surface area contributed by atoms with Gasteiger partial charge >= 0.3 is 6.18 Å². The molecule has 0 aliphatic rings. The van der Waals surface area contributed by atoms with Gasteiger partial charge in [-0.25, -0.2) is 0 Å². The van der Waals surface area contributed by atoms with Crippen LogP contribution in [0.3, 0.4) is 0 Å². The van der Waals surface area contributed by atoms with E-state index in [1.54, 1.807) is 44.2 Å². The Morgan fingerprint density at radius 3 is 2.19 bits per heavy atom. The van der Waals surface area contributed by atoms with Crippen molar-refractivity contribution in [1.82, 2.24) is 5.32 Å².